The average molecular weight is 422 g/mol. The number of amides is 1. The fourth-order valence-corrected chi connectivity index (χ4v) is 3.21. The summed E-state index contributed by atoms with van der Waals surface area (Å²) in [5, 5.41) is 0. The van der Waals surface area contributed by atoms with Crippen molar-refractivity contribution in [3.05, 3.63) is 40.0 Å². The first kappa shape index (κ1) is 20.5. The number of hydroxylamine groups is 2. The van der Waals surface area contributed by atoms with Gasteiger partial charge in [-0.2, -0.15) is 9.82 Å². The minimum atomic E-state index is -0.374. The van der Waals surface area contributed by atoms with Crippen LogP contribution < -0.4 is 9.55 Å². The fraction of sp³-hybridized carbons (Fsp3) is 0.421. The standard InChI is InChI=1S/C19H26BrN4O2/c1-7-23(17-9-8-15(13(2)3)11-16(17)20)19-21-14(4)10-18(22-19)24(5,12-25)26-6/h8-13H,7H2,1-6H3/q+1. The van der Waals surface area contributed by atoms with Gasteiger partial charge in [0.05, 0.1) is 12.8 Å². The number of carbonyl (C=O) groups excluding carboxylic acids is 1. The number of hydrogen-bond acceptors (Lipinski definition) is 5. The molecule has 0 aliphatic rings. The Morgan fingerprint density at radius 3 is 2.50 bits per heavy atom. The van der Waals surface area contributed by atoms with E-state index >= 15 is 0 Å². The van der Waals surface area contributed by atoms with Crippen molar-refractivity contribution in [1.29, 1.82) is 0 Å². The topological polar surface area (TPSA) is 55.3 Å². The van der Waals surface area contributed by atoms with Gasteiger partial charge in [-0.15, -0.1) is 0 Å². The lowest BCUT2D eigenvalue weighted by Crippen LogP contribution is -2.43. The third-order valence-electron chi connectivity index (χ3n) is 4.35. The summed E-state index contributed by atoms with van der Waals surface area (Å²) in [5.41, 5.74) is 3.00. The number of benzene rings is 1. The van der Waals surface area contributed by atoms with Crippen LogP contribution in [0.3, 0.4) is 0 Å². The number of anilines is 2. The predicted molar refractivity (Wildman–Crippen MR) is 108 cm³/mol. The molecule has 0 radical (unpaired) electrons. The highest BCUT2D eigenvalue weighted by Gasteiger charge is 2.29. The van der Waals surface area contributed by atoms with Crippen molar-refractivity contribution in [2.45, 2.75) is 33.6 Å². The first-order chi connectivity index (χ1) is 12.3. The minimum Gasteiger partial charge on any atom is -0.310 e. The highest BCUT2D eigenvalue weighted by Crippen LogP contribution is 2.34. The summed E-state index contributed by atoms with van der Waals surface area (Å²) in [5.74, 6) is 1.46. The molecule has 6 nitrogen and oxygen atoms in total. The maximum atomic E-state index is 11.5. The SMILES string of the molecule is CCN(c1nc(C)cc([N+](C)(C=O)OC)n1)c1ccc(C(C)C)cc1Br. The van der Waals surface area contributed by atoms with E-state index in [0.29, 0.717) is 30.6 Å². The largest absolute Gasteiger partial charge is 0.340 e. The molecule has 2 aromatic rings. The number of halogens is 1. The van der Waals surface area contributed by atoms with E-state index in [1.807, 2.05) is 18.7 Å². The molecule has 0 fully saturated rings. The van der Waals surface area contributed by atoms with Crippen molar-refractivity contribution >= 4 is 39.8 Å². The van der Waals surface area contributed by atoms with Crippen molar-refractivity contribution in [1.82, 2.24) is 14.6 Å². The second-order valence-electron chi connectivity index (χ2n) is 6.56. The van der Waals surface area contributed by atoms with E-state index < -0.39 is 0 Å². The van der Waals surface area contributed by atoms with Crippen LogP contribution in [-0.2, 0) is 9.63 Å². The molecule has 140 valence electrons. The Bertz CT molecular complexity index is 797. The molecule has 26 heavy (non-hydrogen) atoms. The molecule has 1 aromatic carbocycles. The van der Waals surface area contributed by atoms with Crippen LogP contribution in [0.5, 0.6) is 0 Å². The molecule has 1 atom stereocenters. The molecular formula is C19H26BrN4O2+. The second-order valence-corrected chi connectivity index (χ2v) is 7.41. The number of hydrogen-bond donors (Lipinski definition) is 0. The molecule has 1 unspecified atom stereocenters. The molecule has 0 spiro atoms. The molecule has 1 heterocycles. The molecule has 0 bridgehead atoms. The lowest BCUT2D eigenvalue weighted by Gasteiger charge is -2.26. The van der Waals surface area contributed by atoms with E-state index in [9.17, 15) is 4.79 Å². The van der Waals surface area contributed by atoms with Crippen molar-refractivity contribution in [3.63, 3.8) is 0 Å². The number of carbonyl (C=O) groups is 1. The summed E-state index contributed by atoms with van der Waals surface area (Å²) in [7, 11) is 3.12. The maximum Gasteiger partial charge on any atom is 0.340 e. The Labute approximate surface area is 163 Å². The van der Waals surface area contributed by atoms with Crippen LogP contribution in [0.2, 0.25) is 0 Å². The van der Waals surface area contributed by atoms with Gasteiger partial charge in [-0.05, 0) is 53.4 Å². The van der Waals surface area contributed by atoms with Gasteiger partial charge in [0.15, 0.2) is 0 Å². The predicted octanol–water partition coefficient (Wildman–Crippen LogP) is 4.48. The Hall–Kier alpha value is -1.83. The number of aryl methyl sites for hydroxylation is 1. The van der Waals surface area contributed by atoms with Crippen molar-refractivity contribution < 1.29 is 9.63 Å². The zero-order valence-corrected chi connectivity index (χ0v) is 17.7. The summed E-state index contributed by atoms with van der Waals surface area (Å²) in [6.45, 7) is 8.93. The number of rotatable bonds is 7. The average Bonchev–Trinajstić information content (AvgIpc) is 2.62. The van der Waals surface area contributed by atoms with Crippen LogP contribution >= 0.6 is 15.9 Å². The summed E-state index contributed by atoms with van der Waals surface area (Å²) in [6, 6.07) is 8.07. The van der Waals surface area contributed by atoms with Crippen molar-refractivity contribution in [3.8, 4) is 0 Å². The number of quaternary nitrogens is 1. The first-order valence-electron chi connectivity index (χ1n) is 8.57. The molecule has 0 N–H and O–H groups in total. The lowest BCUT2D eigenvalue weighted by molar-refractivity contribution is -0.150. The van der Waals surface area contributed by atoms with Gasteiger partial charge in [0.2, 0.25) is 5.95 Å². The van der Waals surface area contributed by atoms with Gasteiger partial charge in [-0.25, -0.2) is 9.78 Å². The molecule has 2 rings (SSSR count). The van der Waals surface area contributed by atoms with Crippen LogP contribution in [0.25, 0.3) is 0 Å². The van der Waals surface area contributed by atoms with E-state index in [1.54, 1.807) is 13.1 Å². The van der Waals surface area contributed by atoms with Crippen LogP contribution in [0.1, 0.15) is 37.9 Å². The monoisotopic (exact) mass is 421 g/mol. The summed E-state index contributed by atoms with van der Waals surface area (Å²) in [4.78, 5) is 28.0. The van der Waals surface area contributed by atoms with Gasteiger partial charge in [0.25, 0.3) is 5.82 Å². The van der Waals surface area contributed by atoms with Gasteiger partial charge in [-0.1, -0.05) is 24.6 Å². The van der Waals surface area contributed by atoms with E-state index in [1.165, 1.54) is 12.7 Å². The third kappa shape index (κ3) is 4.11. The lowest BCUT2D eigenvalue weighted by atomic mass is 10.0. The van der Waals surface area contributed by atoms with Crippen molar-refractivity contribution in [2.24, 2.45) is 0 Å². The maximum absolute atomic E-state index is 11.5. The highest BCUT2D eigenvalue weighted by atomic mass is 79.9. The van der Waals surface area contributed by atoms with E-state index in [-0.39, 0.29) is 4.65 Å². The van der Waals surface area contributed by atoms with E-state index in [0.717, 1.165) is 15.9 Å². The normalized spacial score (nSPS) is 13.5. The van der Waals surface area contributed by atoms with Gasteiger partial charge in [0, 0.05) is 22.8 Å². The second kappa shape index (κ2) is 8.24. The molecule has 1 aromatic heterocycles. The minimum absolute atomic E-state index is 0.374. The van der Waals surface area contributed by atoms with Gasteiger partial charge >= 0.3 is 6.41 Å². The van der Waals surface area contributed by atoms with E-state index in [2.05, 4.69) is 57.9 Å². The zero-order valence-electron chi connectivity index (χ0n) is 16.2. The fourth-order valence-electron chi connectivity index (χ4n) is 2.60. The molecule has 0 aliphatic carbocycles. The van der Waals surface area contributed by atoms with E-state index in [4.69, 9.17) is 4.84 Å². The van der Waals surface area contributed by atoms with Crippen LogP contribution in [0, 0.1) is 6.92 Å². The number of aromatic nitrogens is 2. The Kier molecular flexibility index (Phi) is 6.49. The highest BCUT2D eigenvalue weighted by molar-refractivity contribution is 9.10. The van der Waals surface area contributed by atoms with Crippen LogP contribution in [0.4, 0.5) is 17.5 Å². The summed E-state index contributed by atoms with van der Waals surface area (Å²) >= 11 is 3.68. The Morgan fingerprint density at radius 2 is 2.00 bits per heavy atom. The molecule has 0 aliphatic heterocycles. The Balaban J connectivity index is 2.54. The zero-order chi connectivity index (χ0) is 19.5. The third-order valence-corrected chi connectivity index (χ3v) is 4.99. The molecule has 7 heteroatoms. The van der Waals surface area contributed by atoms with Gasteiger partial charge in [0.1, 0.15) is 7.05 Å². The molecule has 0 saturated heterocycles. The van der Waals surface area contributed by atoms with Crippen molar-refractivity contribution in [2.75, 3.05) is 25.6 Å². The quantitative estimate of drug-likeness (QED) is 0.374. The van der Waals surface area contributed by atoms with Gasteiger partial charge < -0.3 is 4.90 Å². The number of nitrogens with zero attached hydrogens (tertiary/aromatic N) is 4. The molecule has 0 saturated carbocycles. The molecule has 1 amide bonds. The van der Waals surface area contributed by atoms with Crippen LogP contribution in [0.15, 0.2) is 28.7 Å². The summed E-state index contributed by atoms with van der Waals surface area (Å²) < 4.78 is 0.609. The summed E-state index contributed by atoms with van der Waals surface area (Å²) in [6.07, 6.45) is 0.704. The first-order valence-corrected chi connectivity index (χ1v) is 9.36. The smallest absolute Gasteiger partial charge is 0.310 e. The Morgan fingerprint density at radius 1 is 1.31 bits per heavy atom. The van der Waals surface area contributed by atoms with Gasteiger partial charge in [-0.3, -0.25) is 0 Å². The molecular weight excluding hydrogens is 396 g/mol. The van der Waals surface area contributed by atoms with Crippen LogP contribution in [-0.4, -0.2) is 37.1 Å².